The van der Waals surface area contributed by atoms with Gasteiger partial charge in [0.1, 0.15) is 0 Å². The molecule has 2 aliphatic carbocycles. The number of fused-ring (bicyclic) bond motifs is 9. The Morgan fingerprint density at radius 1 is 0.912 bits per heavy atom. The molecule has 2 aliphatic heterocycles. The van der Waals surface area contributed by atoms with Crippen LogP contribution in [0.2, 0.25) is 0 Å². The van der Waals surface area contributed by atoms with E-state index in [1.807, 2.05) is 36.4 Å². The first-order valence-corrected chi connectivity index (χ1v) is 14.5. The van der Waals surface area contributed by atoms with Crippen molar-refractivity contribution in [2.45, 2.75) is 22.6 Å². The van der Waals surface area contributed by atoms with Crippen molar-refractivity contribution in [2.75, 3.05) is 4.90 Å². The van der Waals surface area contributed by atoms with E-state index in [0.717, 1.165) is 30.8 Å². The van der Waals surface area contributed by atoms with Crippen LogP contribution >= 0.6 is 55.0 Å². The molecule has 3 aromatic rings. The lowest BCUT2D eigenvalue weighted by molar-refractivity contribution is -0.123. The minimum absolute atomic E-state index is 0.0430. The number of carbonyl (C=O) groups is 2. The van der Waals surface area contributed by atoms with Crippen molar-refractivity contribution in [1.29, 1.82) is 0 Å². The molecule has 5 nitrogen and oxygen atoms in total. The molecular formula is C25H18Br2N2O3S2. The molecule has 1 N–H and O–H groups in total. The molecule has 34 heavy (non-hydrogen) atoms. The van der Waals surface area contributed by atoms with Crippen LogP contribution in [0.15, 0.2) is 67.3 Å². The van der Waals surface area contributed by atoms with Crippen LogP contribution in [0, 0.1) is 29.6 Å². The lowest BCUT2D eigenvalue weighted by atomic mass is 9.68. The van der Waals surface area contributed by atoms with Crippen LogP contribution < -0.4 is 9.77 Å². The monoisotopic (exact) mass is 616 g/mol. The third-order valence-corrected chi connectivity index (χ3v) is 11.6. The Bertz CT molecular complexity index is 1420. The fourth-order valence-electron chi connectivity index (χ4n) is 6.93. The molecule has 1 aromatic heterocycles. The number of nitrogens with one attached hydrogen (secondary N) is 1. The second-order valence-electron chi connectivity index (χ2n) is 9.50. The molecule has 2 saturated carbocycles. The number of hydrogen-bond acceptors (Lipinski definition) is 5. The number of hydrogen-bond donors (Lipinski definition) is 1. The fraction of sp³-hybridized carbons (Fsp3) is 0.320. The number of amides is 2. The van der Waals surface area contributed by atoms with Crippen molar-refractivity contribution < 1.29 is 9.59 Å². The van der Waals surface area contributed by atoms with Crippen molar-refractivity contribution in [3.63, 3.8) is 0 Å². The predicted molar refractivity (Wildman–Crippen MR) is 139 cm³/mol. The van der Waals surface area contributed by atoms with Gasteiger partial charge < -0.3 is 4.98 Å². The average Bonchev–Trinajstić information content (AvgIpc) is 3.53. The van der Waals surface area contributed by atoms with Gasteiger partial charge in [-0.2, -0.15) is 0 Å². The number of benzene rings is 2. The average molecular weight is 618 g/mol. The van der Waals surface area contributed by atoms with E-state index in [2.05, 4.69) is 49.0 Å². The topological polar surface area (TPSA) is 70.2 Å². The van der Waals surface area contributed by atoms with Crippen molar-refractivity contribution in [3.05, 3.63) is 77.6 Å². The van der Waals surface area contributed by atoms with Crippen LogP contribution in [0.25, 0.3) is 0 Å². The van der Waals surface area contributed by atoms with Crippen molar-refractivity contribution in [3.8, 4) is 0 Å². The molecule has 7 rings (SSSR count). The molecule has 2 bridgehead atoms. The van der Waals surface area contributed by atoms with Gasteiger partial charge in [-0.1, -0.05) is 55.3 Å². The highest BCUT2D eigenvalue weighted by Gasteiger charge is 2.69. The van der Waals surface area contributed by atoms with Gasteiger partial charge in [-0.15, -0.1) is 11.8 Å². The Morgan fingerprint density at radius 2 is 1.65 bits per heavy atom. The van der Waals surface area contributed by atoms with Gasteiger partial charge >= 0.3 is 4.87 Å². The molecule has 9 heteroatoms. The van der Waals surface area contributed by atoms with Gasteiger partial charge in [0.25, 0.3) is 0 Å². The Labute approximate surface area is 220 Å². The minimum Gasteiger partial charge on any atom is -0.307 e. The maximum atomic E-state index is 13.7. The molecule has 0 unspecified atom stereocenters. The van der Waals surface area contributed by atoms with E-state index in [-0.39, 0.29) is 57.4 Å². The van der Waals surface area contributed by atoms with Gasteiger partial charge in [0.15, 0.2) is 0 Å². The first-order chi connectivity index (χ1) is 16.4. The van der Waals surface area contributed by atoms with Crippen LogP contribution in [0.1, 0.15) is 22.8 Å². The molecule has 2 amide bonds. The molecule has 2 aromatic carbocycles. The summed E-state index contributed by atoms with van der Waals surface area (Å²) in [6, 6.07) is 15.7. The second-order valence-corrected chi connectivity index (χ2v) is 13.5. The lowest BCUT2D eigenvalue weighted by Crippen LogP contribution is -2.42. The number of carbonyl (C=O) groups excluding carboxylic acids is 2. The molecular weight excluding hydrogens is 600 g/mol. The Balaban J connectivity index is 1.33. The molecule has 4 aliphatic rings. The molecule has 1 saturated heterocycles. The number of anilines is 1. The van der Waals surface area contributed by atoms with E-state index < -0.39 is 0 Å². The number of aromatic nitrogens is 1. The number of imide groups is 1. The Hall–Kier alpha value is -1.68. The van der Waals surface area contributed by atoms with Gasteiger partial charge in [-0.25, -0.2) is 0 Å². The summed E-state index contributed by atoms with van der Waals surface area (Å²) in [6.45, 7) is 0. The summed E-state index contributed by atoms with van der Waals surface area (Å²) in [6.07, 6.45) is 0.896. The van der Waals surface area contributed by atoms with Crippen LogP contribution in [0.3, 0.4) is 0 Å². The molecule has 3 fully saturated rings. The standard InChI is InChI=1S/C25H18Br2N2O3S2/c26-11-4-6-13(7-5-11)29-23(30)18-14-9-15(19(18)24(29)31)20-17(14)16(10-2-1-3-12(27)8-10)21-22(33-20)28-25(32)34-21/h1-8,14-20H,9H2,(H,28,32)/t14-,15-,16+,17+,18+,19+,20-/m1/s1. The zero-order valence-electron chi connectivity index (χ0n) is 17.6. The lowest BCUT2D eigenvalue weighted by Gasteiger charge is -2.43. The zero-order chi connectivity index (χ0) is 23.3. The van der Waals surface area contributed by atoms with Gasteiger partial charge in [0, 0.05) is 25.0 Å². The molecule has 0 spiro atoms. The van der Waals surface area contributed by atoms with E-state index >= 15 is 0 Å². The smallest absolute Gasteiger partial charge is 0.305 e. The predicted octanol–water partition coefficient (Wildman–Crippen LogP) is 5.64. The number of aromatic amines is 1. The highest BCUT2D eigenvalue weighted by molar-refractivity contribution is 9.10. The highest BCUT2D eigenvalue weighted by Crippen LogP contribution is 2.68. The summed E-state index contributed by atoms with van der Waals surface area (Å²) >= 11 is 10.0. The first-order valence-electron chi connectivity index (χ1n) is 11.2. The summed E-state index contributed by atoms with van der Waals surface area (Å²) in [5, 5.41) is 1.14. The summed E-state index contributed by atoms with van der Waals surface area (Å²) < 4.78 is 1.91. The fourth-order valence-corrected chi connectivity index (χ4v) is 10.5. The third-order valence-electron chi connectivity index (χ3n) is 8.02. The summed E-state index contributed by atoms with van der Waals surface area (Å²) in [5.74, 6) is -0.164. The van der Waals surface area contributed by atoms with E-state index in [1.165, 1.54) is 16.2 Å². The van der Waals surface area contributed by atoms with Crippen LogP contribution in [-0.4, -0.2) is 22.0 Å². The summed E-state index contributed by atoms with van der Waals surface area (Å²) in [4.78, 5) is 45.2. The van der Waals surface area contributed by atoms with E-state index in [9.17, 15) is 14.4 Å². The largest absolute Gasteiger partial charge is 0.307 e. The number of nitrogens with zero attached hydrogens (tertiary/aromatic N) is 1. The van der Waals surface area contributed by atoms with Crippen molar-refractivity contribution in [1.82, 2.24) is 4.98 Å². The normalized spacial score (nSPS) is 33.2. The Kier molecular flexibility index (Phi) is 4.86. The van der Waals surface area contributed by atoms with E-state index in [0.29, 0.717) is 5.69 Å². The van der Waals surface area contributed by atoms with Crippen LogP contribution in [-0.2, 0) is 9.59 Å². The number of halogens is 2. The third kappa shape index (κ3) is 2.93. The van der Waals surface area contributed by atoms with E-state index in [1.54, 1.807) is 11.8 Å². The molecule has 0 radical (unpaired) electrons. The summed E-state index contributed by atoms with van der Waals surface area (Å²) in [5.41, 5.74) is 1.81. The zero-order valence-corrected chi connectivity index (χ0v) is 22.4. The minimum atomic E-state index is -0.283. The van der Waals surface area contributed by atoms with Crippen molar-refractivity contribution >= 4 is 72.5 Å². The van der Waals surface area contributed by atoms with Crippen LogP contribution in [0.5, 0.6) is 0 Å². The van der Waals surface area contributed by atoms with Gasteiger partial charge in [-0.05, 0) is 66.1 Å². The van der Waals surface area contributed by atoms with E-state index in [4.69, 9.17) is 0 Å². The van der Waals surface area contributed by atoms with Gasteiger partial charge in [0.05, 0.1) is 22.5 Å². The van der Waals surface area contributed by atoms with Crippen molar-refractivity contribution in [2.24, 2.45) is 29.6 Å². The number of thioether (sulfide) groups is 1. The molecule has 172 valence electrons. The quantitative estimate of drug-likeness (QED) is 0.378. The van der Waals surface area contributed by atoms with Crippen LogP contribution in [0.4, 0.5) is 5.69 Å². The number of rotatable bonds is 2. The first kappa shape index (κ1) is 21.6. The second kappa shape index (κ2) is 7.66. The summed E-state index contributed by atoms with van der Waals surface area (Å²) in [7, 11) is 0. The maximum Gasteiger partial charge on any atom is 0.305 e. The van der Waals surface area contributed by atoms with Gasteiger partial charge in [0.2, 0.25) is 11.8 Å². The molecule has 7 atom stereocenters. The number of H-pyrrole nitrogens is 1. The SMILES string of the molecule is O=C1[C@H]2[C@H]3C[C@@H]([C@@H]2C(=O)N1c1ccc(Br)cc1)[C@H]1[C@H](c2cccc(Br)c2)c2sc(=O)[nH]c2S[C@H]31. The maximum absolute atomic E-state index is 13.7. The van der Waals surface area contributed by atoms with Gasteiger partial charge in [-0.3, -0.25) is 19.3 Å². The Morgan fingerprint density at radius 3 is 2.38 bits per heavy atom. The highest BCUT2D eigenvalue weighted by atomic mass is 79.9. The molecule has 3 heterocycles. The number of thiazole rings is 1.